The molecule has 1 aromatic rings. The summed E-state index contributed by atoms with van der Waals surface area (Å²) in [5.41, 5.74) is 10.1. The zero-order valence-corrected chi connectivity index (χ0v) is 13.9. The van der Waals surface area contributed by atoms with Gasteiger partial charge in [0.1, 0.15) is 0 Å². The molecule has 0 fully saturated rings. The Morgan fingerprint density at radius 3 is 2.64 bits per heavy atom. The molecular formula is C15H13N3O6S. The molecule has 3 rings (SSSR count). The summed E-state index contributed by atoms with van der Waals surface area (Å²) in [6, 6.07) is 0.344. The number of carbonyl (C=O) groups is 2. The van der Waals surface area contributed by atoms with Gasteiger partial charge in [-0.1, -0.05) is 5.11 Å². The second-order valence-electron chi connectivity index (χ2n) is 5.76. The third-order valence-corrected chi connectivity index (χ3v) is 4.75. The maximum atomic E-state index is 12.3. The lowest BCUT2D eigenvalue weighted by Gasteiger charge is -2.18. The van der Waals surface area contributed by atoms with Crippen molar-refractivity contribution in [1.29, 1.82) is 0 Å². The zero-order chi connectivity index (χ0) is 18.4. The molecule has 2 aliphatic carbocycles. The lowest BCUT2D eigenvalue weighted by Crippen LogP contribution is -2.21. The van der Waals surface area contributed by atoms with Gasteiger partial charge in [0, 0.05) is 22.5 Å². The van der Waals surface area contributed by atoms with Crippen LogP contribution >= 0.6 is 0 Å². The summed E-state index contributed by atoms with van der Waals surface area (Å²) >= 11 is 0. The van der Waals surface area contributed by atoms with Crippen molar-refractivity contribution in [1.82, 2.24) is 0 Å². The Morgan fingerprint density at radius 2 is 2.04 bits per heavy atom. The Bertz CT molecular complexity index is 975. The zero-order valence-electron chi connectivity index (χ0n) is 13.0. The summed E-state index contributed by atoms with van der Waals surface area (Å²) in [5, 5.41) is 13.3. The van der Waals surface area contributed by atoms with E-state index in [4.69, 9.17) is 9.71 Å². The number of fused-ring (bicyclic) bond motifs is 3. The number of rotatable bonds is 4. The molecule has 130 valence electrons. The van der Waals surface area contributed by atoms with Crippen LogP contribution in [0, 0.1) is 0 Å². The van der Waals surface area contributed by atoms with Crippen LogP contribution in [0.15, 0.2) is 23.3 Å². The first-order chi connectivity index (χ1) is 11.8. The Balaban J connectivity index is 2.26. The molecule has 9 nitrogen and oxygen atoms in total. The van der Waals surface area contributed by atoms with E-state index in [2.05, 4.69) is 10.0 Å². The molecule has 0 aromatic heterocycles. The molecule has 0 saturated heterocycles. The molecule has 1 aromatic carbocycles. The van der Waals surface area contributed by atoms with E-state index in [9.17, 15) is 23.1 Å². The fourth-order valence-electron chi connectivity index (χ4n) is 3.32. The summed E-state index contributed by atoms with van der Waals surface area (Å²) in [7, 11) is -3.85. The van der Waals surface area contributed by atoms with Gasteiger partial charge >= 0.3 is 0 Å². The molecule has 25 heavy (non-hydrogen) atoms. The number of aliphatic hydroxyl groups is 1. The van der Waals surface area contributed by atoms with E-state index >= 15 is 0 Å². The highest BCUT2D eigenvalue weighted by Crippen LogP contribution is 2.43. The first-order valence-electron chi connectivity index (χ1n) is 7.25. The highest BCUT2D eigenvalue weighted by Gasteiger charge is 2.41. The van der Waals surface area contributed by atoms with Gasteiger partial charge in [0.2, 0.25) is 0 Å². The minimum Gasteiger partial charge on any atom is -0.392 e. The molecule has 0 spiro atoms. The summed E-state index contributed by atoms with van der Waals surface area (Å²) in [4.78, 5) is 27.1. The van der Waals surface area contributed by atoms with Gasteiger partial charge in [-0.05, 0) is 40.4 Å². The Hall–Kier alpha value is -2.52. The third-order valence-electron chi connectivity index (χ3n) is 4.16. The second kappa shape index (κ2) is 6.08. The van der Waals surface area contributed by atoms with E-state index < -0.39 is 34.7 Å². The second-order valence-corrected chi connectivity index (χ2v) is 7.36. The molecule has 2 aliphatic rings. The van der Waals surface area contributed by atoms with Crippen molar-refractivity contribution in [3.63, 3.8) is 0 Å². The molecule has 0 amide bonds. The average molecular weight is 363 g/mol. The van der Waals surface area contributed by atoms with Crippen LogP contribution in [-0.4, -0.2) is 37.5 Å². The summed E-state index contributed by atoms with van der Waals surface area (Å²) in [6.45, 7) is -0.468. The van der Waals surface area contributed by atoms with Gasteiger partial charge in [0.25, 0.3) is 10.1 Å². The van der Waals surface area contributed by atoms with Crippen LogP contribution in [-0.2, 0) is 27.3 Å². The predicted octanol–water partition coefficient (Wildman–Crippen LogP) is 1.37. The van der Waals surface area contributed by atoms with Gasteiger partial charge in [-0.3, -0.25) is 13.8 Å². The highest BCUT2D eigenvalue weighted by atomic mass is 32.2. The van der Waals surface area contributed by atoms with Crippen LogP contribution in [0.25, 0.3) is 10.4 Å². The first-order valence-corrected chi connectivity index (χ1v) is 9.07. The van der Waals surface area contributed by atoms with Crippen molar-refractivity contribution < 1.29 is 27.3 Å². The summed E-state index contributed by atoms with van der Waals surface area (Å²) in [5.74, 6) is -0.796. The van der Waals surface area contributed by atoms with Crippen LogP contribution in [0.5, 0.6) is 0 Å². The number of aliphatic hydroxyl groups excluding tert-OH is 1. The SMILES string of the molecule is CS(=O)(=O)OC1Cc2c3c(cc(CO)c2C1N=[N+]=[N-])C(=O)C=CC3=O. The van der Waals surface area contributed by atoms with Gasteiger partial charge in [-0.2, -0.15) is 8.42 Å². The molecule has 2 unspecified atom stereocenters. The van der Waals surface area contributed by atoms with E-state index in [1.54, 1.807) is 0 Å². The number of hydrogen-bond donors (Lipinski definition) is 1. The molecule has 10 heteroatoms. The number of benzene rings is 1. The summed E-state index contributed by atoms with van der Waals surface area (Å²) in [6.07, 6.45) is 2.06. The van der Waals surface area contributed by atoms with Crippen molar-refractivity contribution >= 4 is 21.7 Å². The van der Waals surface area contributed by atoms with Gasteiger partial charge in [-0.15, -0.1) is 0 Å². The standard InChI is InChI=1S/C15H13N3O6S/c1-25(22,23)24-12-5-9-13(15(12)17-18-16)7(6-19)4-8-10(20)2-3-11(21)14(8)9/h2-4,12,15,19H,5-6H2,1H3. The lowest BCUT2D eigenvalue weighted by atomic mass is 9.86. The monoisotopic (exact) mass is 363 g/mol. The molecule has 0 saturated carbocycles. The smallest absolute Gasteiger partial charge is 0.264 e. The largest absolute Gasteiger partial charge is 0.392 e. The normalized spacial score (nSPS) is 21.7. The quantitative estimate of drug-likeness (QED) is 0.370. The number of carbonyl (C=O) groups excluding carboxylic acids is 2. The van der Waals surface area contributed by atoms with Crippen molar-refractivity contribution in [2.75, 3.05) is 6.26 Å². The number of azide groups is 1. The van der Waals surface area contributed by atoms with Crippen molar-refractivity contribution in [3.05, 3.63) is 56.5 Å². The van der Waals surface area contributed by atoms with E-state index in [-0.39, 0.29) is 23.3 Å². The van der Waals surface area contributed by atoms with E-state index in [0.29, 0.717) is 16.7 Å². The Labute approximate surface area is 142 Å². The Kier molecular flexibility index (Phi) is 4.21. The fraction of sp³-hybridized carbons (Fsp3) is 0.333. The van der Waals surface area contributed by atoms with Crippen LogP contribution < -0.4 is 0 Å². The number of allylic oxidation sites excluding steroid dienone is 2. The molecule has 0 aliphatic heterocycles. The van der Waals surface area contributed by atoms with Crippen molar-refractivity contribution in [2.45, 2.75) is 25.2 Å². The van der Waals surface area contributed by atoms with Crippen molar-refractivity contribution in [2.24, 2.45) is 5.11 Å². The highest BCUT2D eigenvalue weighted by molar-refractivity contribution is 7.86. The van der Waals surface area contributed by atoms with Gasteiger partial charge in [0.05, 0.1) is 25.0 Å². The molecule has 2 atom stereocenters. The maximum Gasteiger partial charge on any atom is 0.264 e. The minimum atomic E-state index is -3.85. The Morgan fingerprint density at radius 1 is 1.36 bits per heavy atom. The maximum absolute atomic E-state index is 12.3. The lowest BCUT2D eigenvalue weighted by molar-refractivity contribution is 0.0993. The molecule has 0 heterocycles. The van der Waals surface area contributed by atoms with E-state index in [1.807, 2.05) is 0 Å². The van der Waals surface area contributed by atoms with Crippen molar-refractivity contribution in [3.8, 4) is 0 Å². The fourth-order valence-corrected chi connectivity index (χ4v) is 3.95. The number of ketones is 2. The number of hydrogen-bond acceptors (Lipinski definition) is 7. The number of nitrogens with zero attached hydrogens (tertiary/aromatic N) is 3. The van der Waals surface area contributed by atoms with Gasteiger partial charge in [-0.25, -0.2) is 0 Å². The van der Waals surface area contributed by atoms with Crippen LogP contribution in [0.3, 0.4) is 0 Å². The molecule has 1 N–H and O–H groups in total. The van der Waals surface area contributed by atoms with Crippen LogP contribution in [0.2, 0.25) is 0 Å². The van der Waals surface area contributed by atoms with E-state index in [1.165, 1.54) is 6.07 Å². The summed E-state index contributed by atoms with van der Waals surface area (Å²) < 4.78 is 28.0. The first kappa shape index (κ1) is 17.3. The average Bonchev–Trinajstić information content (AvgIpc) is 2.87. The molecular weight excluding hydrogens is 350 g/mol. The van der Waals surface area contributed by atoms with Crippen LogP contribution in [0.4, 0.5) is 0 Å². The topological polar surface area (TPSA) is 146 Å². The van der Waals surface area contributed by atoms with E-state index in [0.717, 1.165) is 18.4 Å². The van der Waals surface area contributed by atoms with Gasteiger partial charge in [0.15, 0.2) is 11.6 Å². The predicted molar refractivity (Wildman–Crippen MR) is 85.5 cm³/mol. The van der Waals surface area contributed by atoms with Crippen LogP contribution in [0.1, 0.15) is 43.4 Å². The molecule has 0 radical (unpaired) electrons. The minimum absolute atomic E-state index is 0.0326. The third kappa shape index (κ3) is 2.96. The molecule has 0 bridgehead atoms. The van der Waals surface area contributed by atoms with Gasteiger partial charge < -0.3 is 5.11 Å².